The smallest absolute Gasteiger partial charge is 0.219 e. The minimum absolute atomic E-state index is 0.207. The molecule has 3 nitrogen and oxygen atoms in total. The lowest BCUT2D eigenvalue weighted by Gasteiger charge is -2.10. The Morgan fingerprint density at radius 1 is 1.19 bits per heavy atom. The first kappa shape index (κ1) is 15.4. The van der Waals surface area contributed by atoms with Crippen LogP contribution in [0, 0.1) is 19.7 Å². The molecule has 1 aromatic heterocycles. The molecule has 2 rings (SSSR count). The van der Waals surface area contributed by atoms with Crippen molar-refractivity contribution in [2.45, 2.75) is 33.7 Å². The van der Waals surface area contributed by atoms with Crippen molar-refractivity contribution in [3.63, 3.8) is 0 Å². The van der Waals surface area contributed by atoms with Crippen molar-refractivity contribution in [2.75, 3.05) is 6.54 Å². The summed E-state index contributed by atoms with van der Waals surface area (Å²) in [5.74, 6) is 0.278. The van der Waals surface area contributed by atoms with Crippen LogP contribution in [-0.2, 0) is 6.54 Å². The van der Waals surface area contributed by atoms with Crippen molar-refractivity contribution >= 4 is 0 Å². The number of rotatable bonds is 6. The molecule has 21 heavy (non-hydrogen) atoms. The highest BCUT2D eigenvalue weighted by molar-refractivity contribution is 5.34. The molecule has 1 aromatic carbocycles. The average molecular weight is 288 g/mol. The van der Waals surface area contributed by atoms with Crippen LogP contribution in [0.5, 0.6) is 11.6 Å². The summed E-state index contributed by atoms with van der Waals surface area (Å²) in [5, 5.41) is 3.34. The number of aryl methyl sites for hydroxylation is 2. The van der Waals surface area contributed by atoms with Gasteiger partial charge in [0.1, 0.15) is 0 Å². The van der Waals surface area contributed by atoms with Crippen molar-refractivity contribution in [1.29, 1.82) is 0 Å². The van der Waals surface area contributed by atoms with Gasteiger partial charge in [0.05, 0.1) is 0 Å². The van der Waals surface area contributed by atoms with E-state index in [1.807, 2.05) is 13.0 Å². The van der Waals surface area contributed by atoms with Gasteiger partial charge in [-0.2, -0.15) is 0 Å². The quantitative estimate of drug-likeness (QED) is 0.812. The largest absolute Gasteiger partial charge is 0.436 e. The molecular formula is C17H21FN2O. The van der Waals surface area contributed by atoms with Crippen LogP contribution >= 0.6 is 0 Å². The van der Waals surface area contributed by atoms with E-state index in [-0.39, 0.29) is 11.6 Å². The Labute approximate surface area is 125 Å². The Kier molecular flexibility index (Phi) is 5.28. The highest BCUT2D eigenvalue weighted by Gasteiger charge is 2.09. The minimum atomic E-state index is -0.342. The number of pyridine rings is 1. The van der Waals surface area contributed by atoms with Crippen LogP contribution in [0.15, 0.2) is 30.3 Å². The summed E-state index contributed by atoms with van der Waals surface area (Å²) in [6, 6.07) is 8.83. The van der Waals surface area contributed by atoms with E-state index in [1.54, 1.807) is 31.2 Å². The lowest BCUT2D eigenvalue weighted by Crippen LogP contribution is -2.15. The molecule has 0 saturated carbocycles. The summed E-state index contributed by atoms with van der Waals surface area (Å²) < 4.78 is 19.5. The highest BCUT2D eigenvalue weighted by atomic mass is 19.1. The molecule has 4 heteroatoms. The Morgan fingerprint density at radius 3 is 2.71 bits per heavy atom. The van der Waals surface area contributed by atoms with Crippen LogP contribution in [0.25, 0.3) is 0 Å². The fourth-order valence-electron chi connectivity index (χ4n) is 2.02. The van der Waals surface area contributed by atoms with E-state index < -0.39 is 0 Å². The zero-order valence-electron chi connectivity index (χ0n) is 12.7. The van der Waals surface area contributed by atoms with E-state index in [9.17, 15) is 4.39 Å². The third kappa shape index (κ3) is 4.02. The SMILES string of the molecule is CCCNCc1ccc(Oc2cccc(C)c2F)nc1C. The number of hydrogen-bond acceptors (Lipinski definition) is 3. The molecule has 0 bridgehead atoms. The number of nitrogens with zero attached hydrogens (tertiary/aromatic N) is 1. The normalized spacial score (nSPS) is 10.7. The zero-order chi connectivity index (χ0) is 15.2. The van der Waals surface area contributed by atoms with E-state index >= 15 is 0 Å². The Bertz CT molecular complexity index is 614. The maximum atomic E-state index is 13.9. The van der Waals surface area contributed by atoms with Gasteiger partial charge in [0.15, 0.2) is 11.6 Å². The number of benzene rings is 1. The number of ether oxygens (including phenoxy) is 1. The van der Waals surface area contributed by atoms with Crippen LogP contribution in [0.2, 0.25) is 0 Å². The van der Waals surface area contributed by atoms with Crippen molar-refractivity contribution in [2.24, 2.45) is 0 Å². The van der Waals surface area contributed by atoms with Crippen LogP contribution in [0.4, 0.5) is 4.39 Å². The van der Waals surface area contributed by atoms with Gasteiger partial charge in [-0.25, -0.2) is 9.37 Å². The minimum Gasteiger partial charge on any atom is -0.436 e. The lowest BCUT2D eigenvalue weighted by molar-refractivity contribution is 0.424. The van der Waals surface area contributed by atoms with Crippen molar-refractivity contribution in [3.8, 4) is 11.6 Å². The van der Waals surface area contributed by atoms with Gasteiger partial charge in [-0.3, -0.25) is 0 Å². The molecule has 0 unspecified atom stereocenters. The Balaban J connectivity index is 2.11. The third-order valence-corrected chi connectivity index (χ3v) is 3.28. The number of nitrogens with one attached hydrogen (secondary N) is 1. The van der Waals surface area contributed by atoms with Crippen molar-refractivity contribution in [3.05, 3.63) is 53.0 Å². The molecule has 0 aliphatic rings. The van der Waals surface area contributed by atoms with Gasteiger partial charge in [0.25, 0.3) is 0 Å². The fraction of sp³-hybridized carbons (Fsp3) is 0.353. The maximum absolute atomic E-state index is 13.9. The standard InChI is InChI=1S/C17H21FN2O/c1-4-10-19-11-14-8-9-16(20-13(14)3)21-15-7-5-6-12(2)17(15)18/h5-9,19H,4,10-11H2,1-3H3. The summed E-state index contributed by atoms with van der Waals surface area (Å²) in [6.07, 6.45) is 1.10. The van der Waals surface area contributed by atoms with Gasteiger partial charge in [-0.15, -0.1) is 0 Å². The highest BCUT2D eigenvalue weighted by Crippen LogP contribution is 2.25. The van der Waals surface area contributed by atoms with Gasteiger partial charge in [0, 0.05) is 18.3 Å². The first-order valence-corrected chi connectivity index (χ1v) is 7.22. The lowest BCUT2D eigenvalue weighted by atomic mass is 10.2. The molecule has 1 N–H and O–H groups in total. The summed E-state index contributed by atoms with van der Waals surface area (Å²) in [5.41, 5.74) is 2.58. The topological polar surface area (TPSA) is 34.1 Å². The van der Waals surface area contributed by atoms with Gasteiger partial charge in [0.2, 0.25) is 5.88 Å². The van der Waals surface area contributed by atoms with Crippen LogP contribution < -0.4 is 10.1 Å². The summed E-state index contributed by atoms with van der Waals surface area (Å²) in [7, 11) is 0. The van der Waals surface area contributed by atoms with E-state index in [0.29, 0.717) is 11.4 Å². The van der Waals surface area contributed by atoms with Gasteiger partial charge < -0.3 is 10.1 Å². The molecule has 0 fully saturated rings. The second-order valence-electron chi connectivity index (χ2n) is 5.06. The Hall–Kier alpha value is -1.94. The van der Waals surface area contributed by atoms with Crippen molar-refractivity contribution in [1.82, 2.24) is 10.3 Å². The van der Waals surface area contributed by atoms with Gasteiger partial charge >= 0.3 is 0 Å². The molecule has 2 aromatic rings. The first-order valence-electron chi connectivity index (χ1n) is 7.22. The zero-order valence-corrected chi connectivity index (χ0v) is 12.7. The maximum Gasteiger partial charge on any atom is 0.219 e. The predicted molar refractivity (Wildman–Crippen MR) is 82.2 cm³/mol. The average Bonchev–Trinajstić information content (AvgIpc) is 2.46. The Morgan fingerprint density at radius 2 is 2.00 bits per heavy atom. The molecule has 0 atom stereocenters. The summed E-state index contributed by atoms with van der Waals surface area (Å²) in [4.78, 5) is 4.39. The van der Waals surface area contributed by atoms with E-state index in [2.05, 4.69) is 17.2 Å². The van der Waals surface area contributed by atoms with E-state index in [1.165, 1.54) is 0 Å². The third-order valence-electron chi connectivity index (χ3n) is 3.28. The van der Waals surface area contributed by atoms with Gasteiger partial charge in [-0.05, 0) is 44.0 Å². The van der Waals surface area contributed by atoms with E-state index in [0.717, 1.165) is 30.8 Å². The summed E-state index contributed by atoms with van der Waals surface area (Å²) in [6.45, 7) is 7.54. The van der Waals surface area contributed by atoms with Crippen LogP contribution in [-0.4, -0.2) is 11.5 Å². The summed E-state index contributed by atoms with van der Waals surface area (Å²) >= 11 is 0. The number of aromatic nitrogens is 1. The second-order valence-corrected chi connectivity index (χ2v) is 5.06. The number of halogens is 1. The molecule has 112 valence electrons. The van der Waals surface area contributed by atoms with Crippen molar-refractivity contribution < 1.29 is 9.13 Å². The molecule has 0 amide bonds. The molecule has 0 aliphatic carbocycles. The molecule has 0 spiro atoms. The molecule has 0 radical (unpaired) electrons. The second kappa shape index (κ2) is 7.18. The van der Waals surface area contributed by atoms with E-state index in [4.69, 9.17) is 4.74 Å². The molecule has 1 heterocycles. The molecule has 0 aliphatic heterocycles. The van der Waals surface area contributed by atoms with Gasteiger partial charge in [-0.1, -0.05) is 25.1 Å². The van der Waals surface area contributed by atoms with Crippen LogP contribution in [0.3, 0.4) is 0 Å². The first-order chi connectivity index (χ1) is 10.1. The predicted octanol–water partition coefficient (Wildman–Crippen LogP) is 4.13. The molecule has 0 saturated heterocycles. The number of hydrogen-bond donors (Lipinski definition) is 1. The molecular weight excluding hydrogens is 267 g/mol. The fourth-order valence-corrected chi connectivity index (χ4v) is 2.02. The monoisotopic (exact) mass is 288 g/mol. The van der Waals surface area contributed by atoms with Crippen LogP contribution in [0.1, 0.15) is 30.2 Å².